The number of nitrogens with one attached hydrogen (secondary N) is 1. The molecule has 6 nitrogen and oxygen atoms in total. The summed E-state index contributed by atoms with van der Waals surface area (Å²) >= 11 is 1.51. The van der Waals surface area contributed by atoms with E-state index in [4.69, 9.17) is 8.94 Å². The van der Waals surface area contributed by atoms with Crippen molar-refractivity contribution >= 4 is 11.8 Å². The van der Waals surface area contributed by atoms with Crippen LogP contribution in [0, 0.1) is 0 Å². The van der Waals surface area contributed by atoms with Gasteiger partial charge < -0.3 is 8.94 Å². The second-order valence-corrected chi connectivity index (χ2v) is 4.20. The van der Waals surface area contributed by atoms with Crippen molar-refractivity contribution in [2.75, 3.05) is 0 Å². The summed E-state index contributed by atoms with van der Waals surface area (Å²) in [5.41, 5.74) is 0.831. The molecule has 0 aliphatic heterocycles. The van der Waals surface area contributed by atoms with Crippen molar-refractivity contribution in [2.24, 2.45) is 0 Å². The van der Waals surface area contributed by atoms with Crippen LogP contribution in [-0.4, -0.2) is 20.3 Å². The van der Waals surface area contributed by atoms with E-state index in [0.717, 1.165) is 10.9 Å². The molecular formula is C10H8N4O2S. The number of aromatic amines is 1. The van der Waals surface area contributed by atoms with Crippen LogP contribution in [0.1, 0.15) is 5.69 Å². The van der Waals surface area contributed by atoms with E-state index in [0.29, 0.717) is 17.3 Å². The van der Waals surface area contributed by atoms with Gasteiger partial charge in [0.1, 0.15) is 6.33 Å². The minimum Gasteiger partial charge on any atom is -0.461 e. The molecule has 0 aliphatic rings. The third-order valence-electron chi connectivity index (χ3n) is 2.07. The summed E-state index contributed by atoms with van der Waals surface area (Å²) < 4.78 is 10.4. The Hall–Kier alpha value is -2.02. The van der Waals surface area contributed by atoms with Gasteiger partial charge in [-0.05, 0) is 12.1 Å². The Morgan fingerprint density at radius 2 is 2.35 bits per heavy atom. The average molecular weight is 248 g/mol. The van der Waals surface area contributed by atoms with Gasteiger partial charge in [-0.15, -0.1) is 0 Å². The fraction of sp³-hybridized carbons (Fsp3) is 0.100. The van der Waals surface area contributed by atoms with E-state index in [1.807, 2.05) is 12.1 Å². The molecule has 0 fully saturated rings. The lowest BCUT2D eigenvalue weighted by molar-refractivity contribution is 0.413. The predicted octanol–water partition coefficient (Wildman–Crippen LogP) is 2.34. The molecule has 0 radical (unpaired) electrons. The second-order valence-electron chi connectivity index (χ2n) is 3.24. The van der Waals surface area contributed by atoms with Crippen molar-refractivity contribution in [1.29, 1.82) is 0 Å². The van der Waals surface area contributed by atoms with Gasteiger partial charge in [-0.2, -0.15) is 5.10 Å². The summed E-state index contributed by atoms with van der Waals surface area (Å²) in [5.74, 6) is 1.97. The van der Waals surface area contributed by atoms with Crippen LogP contribution < -0.4 is 0 Å². The number of aromatic nitrogens is 4. The van der Waals surface area contributed by atoms with E-state index in [1.54, 1.807) is 12.3 Å². The largest absolute Gasteiger partial charge is 0.461 e. The van der Waals surface area contributed by atoms with Crippen molar-refractivity contribution in [3.05, 3.63) is 36.5 Å². The zero-order valence-electron chi connectivity index (χ0n) is 8.66. The molecule has 0 saturated carbocycles. The number of rotatable bonds is 4. The maximum atomic E-state index is 5.21. The van der Waals surface area contributed by atoms with Crippen LogP contribution in [0.25, 0.3) is 11.5 Å². The Kier molecular flexibility index (Phi) is 2.66. The molecule has 0 aliphatic carbocycles. The Morgan fingerprint density at radius 1 is 1.35 bits per heavy atom. The summed E-state index contributed by atoms with van der Waals surface area (Å²) in [4.78, 5) is 4.01. The quantitative estimate of drug-likeness (QED) is 0.714. The Balaban J connectivity index is 1.69. The van der Waals surface area contributed by atoms with Gasteiger partial charge in [0.2, 0.25) is 5.76 Å². The van der Waals surface area contributed by atoms with E-state index >= 15 is 0 Å². The van der Waals surface area contributed by atoms with Crippen molar-refractivity contribution < 1.29 is 8.94 Å². The number of hydrogen-bond acceptors (Lipinski definition) is 6. The van der Waals surface area contributed by atoms with Crippen LogP contribution in [0.5, 0.6) is 0 Å². The van der Waals surface area contributed by atoms with Gasteiger partial charge in [-0.25, -0.2) is 4.98 Å². The molecule has 0 saturated heterocycles. The number of thioether (sulfide) groups is 1. The molecule has 0 unspecified atom stereocenters. The number of H-pyrrole nitrogens is 1. The fourth-order valence-electron chi connectivity index (χ4n) is 1.32. The maximum absolute atomic E-state index is 5.21. The van der Waals surface area contributed by atoms with Gasteiger partial charge >= 0.3 is 0 Å². The molecule has 0 amide bonds. The smallest absolute Gasteiger partial charge is 0.202 e. The van der Waals surface area contributed by atoms with Crippen LogP contribution in [0.15, 0.2) is 44.9 Å². The van der Waals surface area contributed by atoms with Crippen molar-refractivity contribution in [3.63, 3.8) is 0 Å². The SMILES string of the molecule is c1coc(-c2cc(CSc3ncn[nH]3)no2)c1. The van der Waals surface area contributed by atoms with E-state index in [2.05, 4.69) is 20.3 Å². The monoisotopic (exact) mass is 248 g/mol. The van der Waals surface area contributed by atoms with Crippen LogP contribution in [0.4, 0.5) is 0 Å². The molecule has 7 heteroatoms. The summed E-state index contributed by atoms with van der Waals surface area (Å²) in [5, 5.41) is 11.2. The van der Waals surface area contributed by atoms with Gasteiger partial charge in [0, 0.05) is 11.8 Å². The number of furan rings is 1. The summed E-state index contributed by atoms with van der Waals surface area (Å²) in [6, 6.07) is 5.48. The molecule has 0 atom stereocenters. The zero-order valence-corrected chi connectivity index (χ0v) is 9.48. The molecule has 17 heavy (non-hydrogen) atoms. The van der Waals surface area contributed by atoms with Crippen molar-refractivity contribution in [2.45, 2.75) is 10.9 Å². The van der Waals surface area contributed by atoms with Crippen LogP contribution in [-0.2, 0) is 5.75 Å². The maximum Gasteiger partial charge on any atom is 0.202 e. The van der Waals surface area contributed by atoms with Gasteiger partial charge in [0.25, 0.3) is 0 Å². The Labute approximate surface area is 100 Å². The number of nitrogens with zero attached hydrogens (tertiary/aromatic N) is 3. The lowest BCUT2D eigenvalue weighted by Gasteiger charge is -1.90. The minimum absolute atomic E-state index is 0.628. The Bertz CT molecular complexity index is 573. The van der Waals surface area contributed by atoms with E-state index in [1.165, 1.54) is 18.1 Å². The molecule has 3 aromatic heterocycles. The summed E-state index contributed by atoms with van der Waals surface area (Å²) in [7, 11) is 0. The molecule has 0 spiro atoms. The highest BCUT2D eigenvalue weighted by atomic mass is 32.2. The van der Waals surface area contributed by atoms with Gasteiger partial charge in [0.05, 0.1) is 12.0 Å². The molecule has 86 valence electrons. The third-order valence-corrected chi connectivity index (χ3v) is 2.98. The normalized spacial score (nSPS) is 10.8. The van der Waals surface area contributed by atoms with Crippen molar-refractivity contribution in [1.82, 2.24) is 20.3 Å². The molecule has 3 heterocycles. The lowest BCUT2D eigenvalue weighted by Crippen LogP contribution is -1.80. The summed E-state index contributed by atoms with van der Waals surface area (Å²) in [6.45, 7) is 0. The summed E-state index contributed by atoms with van der Waals surface area (Å²) in [6.07, 6.45) is 3.07. The average Bonchev–Trinajstić information content (AvgIpc) is 3.09. The highest BCUT2D eigenvalue weighted by molar-refractivity contribution is 7.98. The topological polar surface area (TPSA) is 80.7 Å². The van der Waals surface area contributed by atoms with E-state index < -0.39 is 0 Å². The Morgan fingerprint density at radius 3 is 3.12 bits per heavy atom. The third kappa shape index (κ3) is 2.23. The molecule has 3 aromatic rings. The van der Waals surface area contributed by atoms with Gasteiger partial charge in [-0.1, -0.05) is 16.9 Å². The molecule has 1 N–H and O–H groups in total. The van der Waals surface area contributed by atoms with Crippen LogP contribution in [0.3, 0.4) is 0 Å². The highest BCUT2D eigenvalue weighted by Crippen LogP contribution is 2.24. The zero-order chi connectivity index (χ0) is 11.5. The fourth-order valence-corrected chi connectivity index (χ4v) is 1.98. The first-order chi connectivity index (χ1) is 8.42. The van der Waals surface area contributed by atoms with Crippen LogP contribution in [0.2, 0.25) is 0 Å². The molecule has 0 bridgehead atoms. The minimum atomic E-state index is 0.628. The van der Waals surface area contributed by atoms with E-state index in [9.17, 15) is 0 Å². The standard InChI is InChI=1S/C10H8N4O2S/c1-2-8(15-3-1)9-4-7(14-16-9)5-17-10-11-6-12-13-10/h1-4,6H,5H2,(H,11,12,13). The molecule has 3 rings (SSSR count). The van der Waals surface area contributed by atoms with Gasteiger partial charge in [0.15, 0.2) is 10.9 Å². The first kappa shape index (κ1) is 10.2. The van der Waals surface area contributed by atoms with Gasteiger partial charge in [-0.3, -0.25) is 5.10 Å². The number of hydrogen-bond donors (Lipinski definition) is 1. The first-order valence-corrected chi connectivity index (χ1v) is 5.88. The van der Waals surface area contributed by atoms with Crippen LogP contribution >= 0.6 is 11.8 Å². The predicted molar refractivity (Wildman–Crippen MR) is 60.1 cm³/mol. The molecular weight excluding hydrogens is 240 g/mol. The van der Waals surface area contributed by atoms with E-state index in [-0.39, 0.29) is 0 Å². The first-order valence-electron chi connectivity index (χ1n) is 4.89. The second kappa shape index (κ2) is 4.46. The van der Waals surface area contributed by atoms with Crippen molar-refractivity contribution in [3.8, 4) is 11.5 Å². The highest BCUT2D eigenvalue weighted by Gasteiger charge is 2.09. The lowest BCUT2D eigenvalue weighted by atomic mass is 10.3. The molecule has 0 aromatic carbocycles.